The summed E-state index contributed by atoms with van der Waals surface area (Å²) in [4.78, 5) is 14.3. The van der Waals surface area contributed by atoms with Gasteiger partial charge in [-0.1, -0.05) is 13.3 Å². The molecule has 4 nitrogen and oxygen atoms in total. The van der Waals surface area contributed by atoms with Gasteiger partial charge in [0.25, 0.3) is 0 Å². The van der Waals surface area contributed by atoms with E-state index in [0.29, 0.717) is 25.0 Å². The molecule has 0 bridgehead atoms. The Morgan fingerprint density at radius 3 is 2.69 bits per heavy atom. The van der Waals surface area contributed by atoms with Crippen molar-refractivity contribution in [2.24, 2.45) is 17.6 Å². The van der Waals surface area contributed by atoms with E-state index in [0.717, 1.165) is 32.4 Å². The Labute approximate surface area is 97.1 Å². The van der Waals surface area contributed by atoms with E-state index in [1.807, 2.05) is 4.90 Å². The van der Waals surface area contributed by atoms with Crippen LogP contribution in [0.25, 0.3) is 0 Å². The predicted molar refractivity (Wildman–Crippen MR) is 61.9 cm³/mol. The van der Waals surface area contributed by atoms with Crippen LogP contribution in [0.15, 0.2) is 0 Å². The fraction of sp³-hybridized carbons (Fsp3) is 0.917. The Hall–Kier alpha value is -0.610. The number of carbonyl (C=O) groups is 1. The van der Waals surface area contributed by atoms with Crippen LogP contribution in [-0.4, -0.2) is 43.2 Å². The normalized spacial score (nSPS) is 36.1. The summed E-state index contributed by atoms with van der Waals surface area (Å²) >= 11 is 0. The Morgan fingerprint density at radius 1 is 1.31 bits per heavy atom. The Bertz CT molecular complexity index is 251. The summed E-state index contributed by atoms with van der Waals surface area (Å²) in [6.45, 7) is 4.97. The zero-order valence-corrected chi connectivity index (χ0v) is 10.0. The summed E-state index contributed by atoms with van der Waals surface area (Å²) in [5, 5.41) is 0. The van der Waals surface area contributed by atoms with Crippen molar-refractivity contribution in [1.29, 1.82) is 0 Å². The van der Waals surface area contributed by atoms with Gasteiger partial charge in [0, 0.05) is 25.0 Å². The lowest BCUT2D eigenvalue weighted by Gasteiger charge is -2.37. The molecule has 2 N–H and O–H groups in total. The molecule has 0 spiro atoms. The molecular formula is C12H22N2O2. The van der Waals surface area contributed by atoms with Crippen molar-refractivity contribution in [2.75, 3.05) is 26.3 Å². The maximum Gasteiger partial charge on any atom is 0.226 e. The highest BCUT2D eigenvalue weighted by molar-refractivity contribution is 5.79. The SMILES string of the molecule is CC1C(N)CCCC1C(=O)N1CCOCC1. The first-order chi connectivity index (χ1) is 7.70. The summed E-state index contributed by atoms with van der Waals surface area (Å²) in [7, 11) is 0. The van der Waals surface area contributed by atoms with Gasteiger partial charge in [0.1, 0.15) is 0 Å². The van der Waals surface area contributed by atoms with Gasteiger partial charge in [0.15, 0.2) is 0 Å². The zero-order valence-electron chi connectivity index (χ0n) is 10.0. The lowest BCUT2D eigenvalue weighted by atomic mass is 9.76. The summed E-state index contributed by atoms with van der Waals surface area (Å²) in [5.74, 6) is 0.761. The van der Waals surface area contributed by atoms with Crippen LogP contribution in [0, 0.1) is 11.8 Å². The minimum atomic E-state index is 0.141. The predicted octanol–water partition coefficient (Wildman–Crippen LogP) is 0.609. The van der Waals surface area contributed by atoms with Gasteiger partial charge >= 0.3 is 0 Å². The van der Waals surface area contributed by atoms with Gasteiger partial charge in [-0.2, -0.15) is 0 Å². The van der Waals surface area contributed by atoms with Crippen LogP contribution >= 0.6 is 0 Å². The summed E-state index contributed by atoms with van der Waals surface area (Å²) < 4.78 is 5.27. The summed E-state index contributed by atoms with van der Waals surface area (Å²) in [6, 6.07) is 0.198. The average Bonchev–Trinajstić information content (AvgIpc) is 2.33. The number of amides is 1. The topological polar surface area (TPSA) is 55.6 Å². The third-order valence-electron chi connectivity index (χ3n) is 4.00. The fourth-order valence-electron chi connectivity index (χ4n) is 2.76. The third-order valence-corrected chi connectivity index (χ3v) is 4.00. The molecule has 1 heterocycles. The molecule has 1 saturated carbocycles. The fourth-order valence-corrected chi connectivity index (χ4v) is 2.76. The Morgan fingerprint density at radius 2 is 2.00 bits per heavy atom. The minimum absolute atomic E-state index is 0.141. The van der Waals surface area contributed by atoms with E-state index in [1.165, 1.54) is 0 Å². The Kier molecular flexibility index (Phi) is 3.82. The molecule has 2 rings (SSSR count). The van der Waals surface area contributed by atoms with Crippen molar-refractivity contribution in [3.63, 3.8) is 0 Å². The first-order valence-electron chi connectivity index (χ1n) is 6.32. The van der Waals surface area contributed by atoms with Crippen molar-refractivity contribution in [3.05, 3.63) is 0 Å². The van der Waals surface area contributed by atoms with Gasteiger partial charge in [0.2, 0.25) is 5.91 Å². The second-order valence-electron chi connectivity index (χ2n) is 5.00. The number of hydrogen-bond acceptors (Lipinski definition) is 3. The van der Waals surface area contributed by atoms with Crippen LogP contribution in [0.5, 0.6) is 0 Å². The van der Waals surface area contributed by atoms with E-state index in [9.17, 15) is 4.79 Å². The molecular weight excluding hydrogens is 204 g/mol. The number of carbonyl (C=O) groups excluding carboxylic acids is 1. The second-order valence-corrected chi connectivity index (χ2v) is 5.00. The quantitative estimate of drug-likeness (QED) is 0.712. The van der Waals surface area contributed by atoms with Crippen LogP contribution in [-0.2, 0) is 9.53 Å². The van der Waals surface area contributed by atoms with Crippen LogP contribution in [0.4, 0.5) is 0 Å². The van der Waals surface area contributed by atoms with E-state index >= 15 is 0 Å². The molecule has 1 saturated heterocycles. The number of morpholine rings is 1. The van der Waals surface area contributed by atoms with Crippen molar-refractivity contribution in [3.8, 4) is 0 Å². The van der Waals surface area contributed by atoms with E-state index in [-0.39, 0.29) is 12.0 Å². The van der Waals surface area contributed by atoms with Crippen LogP contribution in [0.2, 0.25) is 0 Å². The summed E-state index contributed by atoms with van der Waals surface area (Å²) in [5.41, 5.74) is 6.04. The highest BCUT2D eigenvalue weighted by Gasteiger charge is 2.35. The molecule has 0 aromatic heterocycles. The molecule has 3 unspecified atom stereocenters. The van der Waals surface area contributed by atoms with Crippen molar-refractivity contribution in [1.82, 2.24) is 4.90 Å². The van der Waals surface area contributed by atoms with Crippen LogP contribution < -0.4 is 5.73 Å². The van der Waals surface area contributed by atoms with Gasteiger partial charge in [-0.3, -0.25) is 4.79 Å². The van der Waals surface area contributed by atoms with E-state index in [2.05, 4.69) is 6.92 Å². The van der Waals surface area contributed by atoms with Crippen molar-refractivity contribution in [2.45, 2.75) is 32.2 Å². The molecule has 16 heavy (non-hydrogen) atoms. The van der Waals surface area contributed by atoms with E-state index in [1.54, 1.807) is 0 Å². The maximum atomic E-state index is 12.3. The number of nitrogens with zero attached hydrogens (tertiary/aromatic N) is 1. The van der Waals surface area contributed by atoms with Gasteiger partial charge in [-0.05, 0) is 18.8 Å². The number of hydrogen-bond donors (Lipinski definition) is 1. The molecule has 0 aromatic rings. The molecule has 3 atom stereocenters. The molecule has 4 heteroatoms. The monoisotopic (exact) mass is 226 g/mol. The molecule has 1 aliphatic heterocycles. The van der Waals surface area contributed by atoms with Crippen LogP contribution in [0.3, 0.4) is 0 Å². The Balaban J connectivity index is 1.96. The average molecular weight is 226 g/mol. The van der Waals surface area contributed by atoms with Gasteiger partial charge < -0.3 is 15.4 Å². The molecule has 2 fully saturated rings. The minimum Gasteiger partial charge on any atom is -0.378 e. The molecule has 1 aliphatic carbocycles. The first-order valence-corrected chi connectivity index (χ1v) is 6.32. The molecule has 1 amide bonds. The van der Waals surface area contributed by atoms with E-state index < -0.39 is 0 Å². The largest absolute Gasteiger partial charge is 0.378 e. The van der Waals surface area contributed by atoms with Gasteiger partial charge in [0.05, 0.1) is 13.2 Å². The standard InChI is InChI=1S/C12H22N2O2/c1-9-10(3-2-4-11(9)13)12(15)14-5-7-16-8-6-14/h9-11H,2-8,13H2,1H3. The smallest absolute Gasteiger partial charge is 0.226 e. The van der Waals surface area contributed by atoms with Gasteiger partial charge in [-0.25, -0.2) is 0 Å². The molecule has 0 radical (unpaired) electrons. The van der Waals surface area contributed by atoms with E-state index in [4.69, 9.17) is 10.5 Å². The number of nitrogens with two attached hydrogens (primary N) is 1. The van der Waals surface area contributed by atoms with Gasteiger partial charge in [-0.15, -0.1) is 0 Å². The van der Waals surface area contributed by atoms with Crippen molar-refractivity contribution >= 4 is 5.91 Å². The van der Waals surface area contributed by atoms with Crippen molar-refractivity contribution < 1.29 is 9.53 Å². The molecule has 2 aliphatic rings. The highest BCUT2D eigenvalue weighted by atomic mass is 16.5. The lowest BCUT2D eigenvalue weighted by molar-refractivity contribution is -0.142. The maximum absolute atomic E-state index is 12.3. The zero-order chi connectivity index (χ0) is 11.5. The molecule has 0 aromatic carbocycles. The summed E-state index contributed by atoms with van der Waals surface area (Å²) in [6.07, 6.45) is 3.16. The second kappa shape index (κ2) is 5.15. The van der Waals surface area contributed by atoms with Crippen LogP contribution in [0.1, 0.15) is 26.2 Å². The third kappa shape index (κ3) is 2.38. The highest BCUT2D eigenvalue weighted by Crippen LogP contribution is 2.30. The lowest BCUT2D eigenvalue weighted by Crippen LogP contribution is -2.49. The molecule has 92 valence electrons. The number of rotatable bonds is 1. The first kappa shape index (κ1) is 11.9. The number of ether oxygens (including phenoxy) is 1.